The number of hydrogen-bond acceptors (Lipinski definition) is 2. The summed E-state index contributed by atoms with van der Waals surface area (Å²) < 4.78 is 8.54. The summed E-state index contributed by atoms with van der Waals surface area (Å²) in [5.74, 6) is 1.67. The first-order valence-electron chi connectivity index (χ1n) is 7.99. The fourth-order valence-corrected chi connectivity index (χ4v) is 3.07. The maximum absolute atomic E-state index is 5.30. The lowest BCUT2D eigenvalue weighted by atomic mass is 10.2. The van der Waals surface area contributed by atoms with E-state index in [1.165, 1.54) is 5.56 Å². The molecule has 4 rings (SSSR count). The molecule has 1 N–H and O–H groups in total. The number of benzene rings is 2. The standard InChI is InChI=1S/C20H16BrN3O/c1-25-17-4-2-3-15(11-17)20-22-18-9-10-24(13-19(18)23-20)12-14-5-7-16(21)8-6-14/h2-11,13H,12H2,1H3/p+1. The number of ether oxygens (including phenoxy) is 1. The van der Waals surface area contributed by atoms with E-state index in [0.29, 0.717) is 0 Å². The number of halogens is 1. The van der Waals surface area contributed by atoms with E-state index in [-0.39, 0.29) is 0 Å². The number of aromatic amines is 1. The maximum atomic E-state index is 5.30. The SMILES string of the molecule is COc1cccc(-c2nc3cc[n+](Cc4ccc(Br)cc4)cc3[nH]2)c1. The molecule has 0 radical (unpaired) electrons. The van der Waals surface area contributed by atoms with Gasteiger partial charge in [0.05, 0.1) is 7.11 Å². The number of nitrogens with zero attached hydrogens (tertiary/aromatic N) is 2. The smallest absolute Gasteiger partial charge is 0.195 e. The predicted octanol–water partition coefficient (Wildman–Crippen LogP) is 4.34. The van der Waals surface area contributed by atoms with Crippen molar-refractivity contribution in [3.05, 3.63) is 77.0 Å². The summed E-state index contributed by atoms with van der Waals surface area (Å²) in [5.41, 5.74) is 4.22. The number of aromatic nitrogens is 3. The molecule has 0 aliphatic carbocycles. The number of hydrogen-bond donors (Lipinski definition) is 1. The van der Waals surface area contributed by atoms with Gasteiger partial charge in [-0.05, 0) is 24.3 Å². The molecule has 0 saturated heterocycles. The minimum atomic E-state index is 0.816. The zero-order chi connectivity index (χ0) is 17.2. The topological polar surface area (TPSA) is 41.8 Å². The number of imidazole rings is 1. The molecule has 0 aliphatic rings. The van der Waals surface area contributed by atoms with E-state index in [9.17, 15) is 0 Å². The van der Waals surface area contributed by atoms with E-state index in [2.05, 4.69) is 67.1 Å². The molecule has 2 heterocycles. The molecule has 4 aromatic rings. The van der Waals surface area contributed by atoms with Gasteiger partial charge in [0.1, 0.15) is 22.6 Å². The largest absolute Gasteiger partial charge is 0.497 e. The number of rotatable bonds is 4. The summed E-state index contributed by atoms with van der Waals surface area (Å²) in [6.07, 6.45) is 4.15. The van der Waals surface area contributed by atoms with Crippen molar-refractivity contribution in [1.82, 2.24) is 9.97 Å². The third-order valence-electron chi connectivity index (χ3n) is 4.10. The number of nitrogens with one attached hydrogen (secondary N) is 1. The van der Waals surface area contributed by atoms with Crippen LogP contribution in [-0.2, 0) is 6.54 Å². The molecule has 124 valence electrons. The third kappa shape index (κ3) is 3.42. The maximum Gasteiger partial charge on any atom is 0.195 e. The van der Waals surface area contributed by atoms with Gasteiger partial charge in [-0.15, -0.1) is 0 Å². The average molecular weight is 395 g/mol. The molecule has 0 amide bonds. The molecular formula is C20H17BrN3O+. The van der Waals surface area contributed by atoms with Crippen LogP contribution >= 0.6 is 15.9 Å². The van der Waals surface area contributed by atoms with Crippen molar-refractivity contribution in [3.63, 3.8) is 0 Å². The lowest BCUT2D eigenvalue weighted by molar-refractivity contribution is -0.687. The summed E-state index contributed by atoms with van der Waals surface area (Å²) in [7, 11) is 1.67. The highest BCUT2D eigenvalue weighted by atomic mass is 79.9. The second-order valence-electron chi connectivity index (χ2n) is 5.86. The molecule has 0 aliphatic heterocycles. The Balaban J connectivity index is 1.65. The van der Waals surface area contributed by atoms with Crippen molar-refractivity contribution in [2.24, 2.45) is 0 Å². The van der Waals surface area contributed by atoms with Crippen LogP contribution in [-0.4, -0.2) is 17.1 Å². The van der Waals surface area contributed by atoms with Gasteiger partial charge in [0, 0.05) is 21.7 Å². The molecule has 0 saturated carbocycles. The summed E-state index contributed by atoms with van der Waals surface area (Å²) in [6, 6.07) is 18.3. The highest BCUT2D eigenvalue weighted by Gasteiger charge is 2.11. The Hall–Kier alpha value is -2.66. The monoisotopic (exact) mass is 394 g/mol. The number of pyridine rings is 1. The summed E-state index contributed by atoms with van der Waals surface area (Å²) >= 11 is 3.47. The molecule has 2 aromatic heterocycles. The van der Waals surface area contributed by atoms with E-state index in [1.807, 2.05) is 30.3 Å². The molecule has 0 unspecified atom stereocenters. The van der Waals surface area contributed by atoms with Crippen LogP contribution in [0.3, 0.4) is 0 Å². The Labute approximate surface area is 154 Å². The van der Waals surface area contributed by atoms with Crippen LogP contribution < -0.4 is 9.30 Å². The average Bonchev–Trinajstić information content (AvgIpc) is 3.07. The quantitative estimate of drug-likeness (QED) is 0.523. The lowest BCUT2D eigenvalue weighted by Gasteiger charge is -2.01. The molecular weight excluding hydrogens is 378 g/mol. The van der Waals surface area contributed by atoms with Crippen molar-refractivity contribution in [2.45, 2.75) is 6.54 Å². The van der Waals surface area contributed by atoms with E-state index >= 15 is 0 Å². The summed E-state index contributed by atoms with van der Waals surface area (Å²) in [6.45, 7) is 0.816. The van der Waals surface area contributed by atoms with Crippen LogP contribution in [0.4, 0.5) is 0 Å². The molecule has 0 spiro atoms. The predicted molar refractivity (Wildman–Crippen MR) is 102 cm³/mol. The molecule has 4 nitrogen and oxygen atoms in total. The van der Waals surface area contributed by atoms with Gasteiger partial charge < -0.3 is 9.72 Å². The van der Waals surface area contributed by atoms with Gasteiger partial charge >= 0.3 is 0 Å². The molecule has 0 bridgehead atoms. The Morgan fingerprint density at radius 1 is 1.12 bits per heavy atom. The second-order valence-corrected chi connectivity index (χ2v) is 6.78. The zero-order valence-corrected chi connectivity index (χ0v) is 15.3. The van der Waals surface area contributed by atoms with Crippen LogP contribution in [0, 0.1) is 0 Å². The van der Waals surface area contributed by atoms with E-state index in [0.717, 1.165) is 39.2 Å². The van der Waals surface area contributed by atoms with E-state index < -0.39 is 0 Å². The van der Waals surface area contributed by atoms with Crippen LogP contribution in [0.25, 0.3) is 22.4 Å². The van der Waals surface area contributed by atoms with Crippen LogP contribution in [0.2, 0.25) is 0 Å². The fourth-order valence-electron chi connectivity index (χ4n) is 2.81. The van der Waals surface area contributed by atoms with Gasteiger partial charge in [-0.2, -0.15) is 4.57 Å². The molecule has 25 heavy (non-hydrogen) atoms. The van der Waals surface area contributed by atoms with Crippen LogP contribution in [0.5, 0.6) is 5.75 Å². The van der Waals surface area contributed by atoms with Gasteiger partial charge in [-0.25, -0.2) is 4.98 Å². The Bertz CT molecular complexity index is 1020. The molecule has 0 atom stereocenters. The molecule has 2 aromatic carbocycles. The minimum Gasteiger partial charge on any atom is -0.497 e. The van der Waals surface area contributed by atoms with Crippen molar-refractivity contribution >= 4 is 27.0 Å². The van der Waals surface area contributed by atoms with Gasteiger partial charge in [0.25, 0.3) is 0 Å². The Morgan fingerprint density at radius 2 is 1.96 bits per heavy atom. The van der Waals surface area contributed by atoms with Crippen molar-refractivity contribution in [3.8, 4) is 17.1 Å². The first kappa shape index (κ1) is 15.8. The first-order valence-corrected chi connectivity index (χ1v) is 8.78. The van der Waals surface area contributed by atoms with Crippen LogP contribution in [0.1, 0.15) is 5.56 Å². The number of fused-ring (bicyclic) bond motifs is 1. The second kappa shape index (κ2) is 6.69. The zero-order valence-electron chi connectivity index (χ0n) is 13.7. The minimum absolute atomic E-state index is 0.816. The number of H-pyrrole nitrogens is 1. The summed E-state index contributed by atoms with van der Waals surface area (Å²) in [4.78, 5) is 8.09. The first-order chi connectivity index (χ1) is 12.2. The Morgan fingerprint density at radius 3 is 2.76 bits per heavy atom. The third-order valence-corrected chi connectivity index (χ3v) is 4.63. The van der Waals surface area contributed by atoms with Gasteiger partial charge in [0.15, 0.2) is 18.9 Å². The van der Waals surface area contributed by atoms with Crippen molar-refractivity contribution in [1.29, 1.82) is 0 Å². The van der Waals surface area contributed by atoms with Gasteiger partial charge in [-0.3, -0.25) is 0 Å². The van der Waals surface area contributed by atoms with Gasteiger partial charge in [-0.1, -0.05) is 40.2 Å². The fraction of sp³-hybridized carbons (Fsp3) is 0.100. The van der Waals surface area contributed by atoms with Gasteiger partial charge in [0.2, 0.25) is 0 Å². The van der Waals surface area contributed by atoms with Crippen LogP contribution in [0.15, 0.2) is 71.5 Å². The van der Waals surface area contributed by atoms with E-state index in [1.54, 1.807) is 7.11 Å². The number of methoxy groups -OCH3 is 1. The van der Waals surface area contributed by atoms with Crippen molar-refractivity contribution < 1.29 is 9.30 Å². The molecule has 0 fully saturated rings. The van der Waals surface area contributed by atoms with Crippen molar-refractivity contribution in [2.75, 3.05) is 7.11 Å². The molecule has 5 heteroatoms. The Kier molecular flexibility index (Phi) is 4.24. The normalized spacial score (nSPS) is 11.0. The van der Waals surface area contributed by atoms with E-state index in [4.69, 9.17) is 4.74 Å². The lowest BCUT2D eigenvalue weighted by Crippen LogP contribution is -2.33. The highest BCUT2D eigenvalue weighted by Crippen LogP contribution is 2.23. The summed E-state index contributed by atoms with van der Waals surface area (Å²) in [5, 5.41) is 0. The highest BCUT2D eigenvalue weighted by molar-refractivity contribution is 9.10.